The Bertz CT molecular complexity index is 868. The van der Waals surface area contributed by atoms with Gasteiger partial charge in [0.05, 0.1) is 11.6 Å². The zero-order valence-corrected chi connectivity index (χ0v) is 19.8. The van der Waals surface area contributed by atoms with Crippen molar-refractivity contribution in [2.75, 3.05) is 18.1 Å². The summed E-state index contributed by atoms with van der Waals surface area (Å²) in [6.07, 6.45) is -7.03. The van der Waals surface area contributed by atoms with Gasteiger partial charge >= 0.3 is 11.9 Å². The Morgan fingerprint density at radius 3 is 2.47 bits per heavy atom. The van der Waals surface area contributed by atoms with Gasteiger partial charge in [0.1, 0.15) is 30.7 Å². The number of rotatable bonds is 11. The monoisotopic (exact) mass is 502 g/mol. The van der Waals surface area contributed by atoms with Gasteiger partial charge in [-0.15, -0.1) is 0 Å². The lowest BCUT2D eigenvalue weighted by molar-refractivity contribution is -0.271. The van der Waals surface area contributed by atoms with Crippen molar-refractivity contribution in [2.24, 2.45) is 5.92 Å². The fraction of sp³-hybridized carbons (Fsp3) is 0.571. The van der Waals surface area contributed by atoms with Crippen LogP contribution in [0.3, 0.4) is 0 Å². The molecule has 34 heavy (non-hydrogen) atoms. The molecule has 1 saturated heterocycles. The van der Waals surface area contributed by atoms with Crippen molar-refractivity contribution in [2.45, 2.75) is 57.6 Å². The summed E-state index contributed by atoms with van der Waals surface area (Å²) >= 11 is 1.35. The summed E-state index contributed by atoms with van der Waals surface area (Å²) in [5.74, 6) is -2.64. The van der Waals surface area contributed by atoms with Gasteiger partial charge in [0, 0.05) is 13.0 Å². The minimum Gasteiger partial charge on any atom is -0.479 e. The van der Waals surface area contributed by atoms with Crippen LogP contribution in [0.5, 0.6) is 5.75 Å². The predicted octanol–water partition coefficient (Wildman–Crippen LogP) is -0.147. The number of carboxylic acids is 1. The molecule has 1 aliphatic rings. The third-order valence-corrected chi connectivity index (χ3v) is 5.32. The number of carbonyl (C=O) groups excluding carboxylic acids is 2. The molecule has 2 rings (SSSR count). The van der Waals surface area contributed by atoms with Crippen LogP contribution in [0.1, 0.15) is 25.8 Å². The molecule has 1 aromatic carbocycles. The Morgan fingerprint density at radius 2 is 1.85 bits per heavy atom. The molecule has 0 spiro atoms. The first kappa shape index (κ1) is 27.8. The van der Waals surface area contributed by atoms with E-state index >= 15 is 0 Å². The minimum absolute atomic E-state index is 0.00175. The SMILES string of the molecule is CSNCCC(=O)Nc1cc(COC(=O)C(C)C)ccc1O[C@@H]1O[C@H](C(=O)O)[C@@H](O)[C@H](O)[C@H]1O. The predicted molar refractivity (Wildman–Crippen MR) is 121 cm³/mol. The van der Waals surface area contributed by atoms with Gasteiger partial charge in [0.25, 0.3) is 0 Å². The number of aliphatic carboxylic acids is 1. The normalized spacial score (nSPS) is 24.5. The van der Waals surface area contributed by atoms with Crippen molar-refractivity contribution >= 4 is 35.5 Å². The molecule has 12 nitrogen and oxygen atoms in total. The number of esters is 1. The van der Waals surface area contributed by atoms with E-state index in [1.165, 1.54) is 24.1 Å². The number of carboxylic acid groups (broad SMARTS) is 1. The van der Waals surface area contributed by atoms with Crippen LogP contribution in [0.15, 0.2) is 18.2 Å². The molecule has 0 aromatic heterocycles. The summed E-state index contributed by atoms with van der Waals surface area (Å²) in [5.41, 5.74) is 0.679. The number of aliphatic hydroxyl groups excluding tert-OH is 3. The van der Waals surface area contributed by atoms with E-state index in [0.29, 0.717) is 12.1 Å². The average Bonchev–Trinajstić information content (AvgIpc) is 2.78. The summed E-state index contributed by atoms with van der Waals surface area (Å²) in [6, 6.07) is 4.46. The summed E-state index contributed by atoms with van der Waals surface area (Å²) < 4.78 is 18.9. The summed E-state index contributed by atoms with van der Waals surface area (Å²) in [5, 5.41) is 42.0. The third kappa shape index (κ3) is 7.55. The van der Waals surface area contributed by atoms with Crippen LogP contribution >= 0.6 is 11.9 Å². The van der Waals surface area contributed by atoms with Gasteiger partial charge in [0.2, 0.25) is 12.2 Å². The first-order valence-electron chi connectivity index (χ1n) is 10.5. The molecule has 5 atom stereocenters. The van der Waals surface area contributed by atoms with E-state index < -0.39 is 42.6 Å². The minimum atomic E-state index is -1.87. The molecule has 1 amide bonds. The summed E-state index contributed by atoms with van der Waals surface area (Å²) in [6.45, 7) is 3.71. The van der Waals surface area contributed by atoms with Crippen LogP contribution in [0.4, 0.5) is 5.69 Å². The Kier molecular flexibility index (Phi) is 10.5. The third-order valence-electron chi connectivity index (χ3n) is 4.83. The number of benzene rings is 1. The highest BCUT2D eigenvalue weighted by atomic mass is 32.2. The van der Waals surface area contributed by atoms with E-state index in [9.17, 15) is 34.8 Å². The quantitative estimate of drug-likeness (QED) is 0.134. The Balaban J connectivity index is 2.25. The maximum absolute atomic E-state index is 12.4. The number of aliphatic hydroxyl groups is 3. The van der Waals surface area contributed by atoms with E-state index in [1.807, 2.05) is 6.26 Å². The molecule has 0 radical (unpaired) electrons. The number of carbonyl (C=O) groups is 3. The molecule has 1 aliphatic heterocycles. The van der Waals surface area contributed by atoms with Gasteiger partial charge in [-0.3, -0.25) is 14.3 Å². The largest absolute Gasteiger partial charge is 0.479 e. The highest BCUT2D eigenvalue weighted by Gasteiger charge is 2.48. The molecule has 0 bridgehead atoms. The van der Waals surface area contributed by atoms with Crippen LogP contribution in [-0.4, -0.2) is 81.8 Å². The van der Waals surface area contributed by atoms with E-state index in [1.54, 1.807) is 19.9 Å². The standard InChI is InChI=1S/C21H30N2O10S/c1-10(2)20(30)31-9-11-4-5-13(12(8-11)23-14(24)6-7-22-34-3)32-21-17(27)15(25)16(26)18(33-21)19(28)29/h4-5,8,10,15-18,21-22,25-27H,6-7,9H2,1-3H3,(H,23,24)(H,28,29)/t15-,16-,17+,18-,21+/m0/s1. The Morgan fingerprint density at radius 1 is 1.15 bits per heavy atom. The number of hydrogen-bond acceptors (Lipinski definition) is 11. The molecule has 190 valence electrons. The van der Waals surface area contributed by atoms with Crippen LogP contribution in [0.2, 0.25) is 0 Å². The molecular formula is C21H30N2O10S. The molecule has 0 unspecified atom stereocenters. The molecular weight excluding hydrogens is 472 g/mol. The number of nitrogens with one attached hydrogen (secondary N) is 2. The van der Waals surface area contributed by atoms with Gasteiger partial charge in [-0.25, -0.2) is 4.79 Å². The van der Waals surface area contributed by atoms with E-state index in [0.717, 1.165) is 0 Å². The van der Waals surface area contributed by atoms with Crippen LogP contribution in [-0.2, 0) is 30.5 Å². The fourth-order valence-corrected chi connectivity index (χ4v) is 3.25. The lowest BCUT2D eigenvalue weighted by Gasteiger charge is -2.38. The second-order valence-corrected chi connectivity index (χ2v) is 8.54. The van der Waals surface area contributed by atoms with Gasteiger partial charge in [-0.1, -0.05) is 31.9 Å². The van der Waals surface area contributed by atoms with Crippen molar-refractivity contribution in [1.82, 2.24) is 4.72 Å². The Labute approximate surface area is 200 Å². The summed E-state index contributed by atoms with van der Waals surface area (Å²) in [4.78, 5) is 35.5. The van der Waals surface area contributed by atoms with E-state index in [2.05, 4.69) is 10.0 Å². The maximum atomic E-state index is 12.4. The maximum Gasteiger partial charge on any atom is 0.335 e. The average molecular weight is 503 g/mol. The van der Waals surface area contributed by atoms with Gasteiger partial charge in [-0.2, -0.15) is 0 Å². The van der Waals surface area contributed by atoms with Gasteiger partial charge in [-0.05, 0) is 24.0 Å². The van der Waals surface area contributed by atoms with Gasteiger partial charge < -0.3 is 40.0 Å². The lowest BCUT2D eigenvalue weighted by atomic mass is 9.99. The molecule has 0 saturated carbocycles. The summed E-state index contributed by atoms with van der Waals surface area (Å²) in [7, 11) is 0. The van der Waals surface area contributed by atoms with E-state index in [4.69, 9.17) is 14.2 Å². The van der Waals surface area contributed by atoms with Gasteiger partial charge in [0.15, 0.2) is 6.10 Å². The molecule has 1 heterocycles. The van der Waals surface area contributed by atoms with Crippen LogP contribution in [0.25, 0.3) is 0 Å². The first-order chi connectivity index (χ1) is 16.0. The number of amides is 1. The zero-order valence-electron chi connectivity index (χ0n) is 19.0. The number of ether oxygens (including phenoxy) is 3. The smallest absolute Gasteiger partial charge is 0.335 e. The molecule has 13 heteroatoms. The van der Waals surface area contributed by atoms with Crippen molar-refractivity contribution in [3.8, 4) is 5.75 Å². The van der Waals surface area contributed by atoms with Crippen molar-refractivity contribution in [3.05, 3.63) is 23.8 Å². The van der Waals surface area contributed by atoms with E-state index in [-0.39, 0.29) is 36.3 Å². The topological polar surface area (TPSA) is 184 Å². The van der Waals surface area contributed by atoms with Crippen molar-refractivity contribution in [3.63, 3.8) is 0 Å². The lowest BCUT2D eigenvalue weighted by Crippen LogP contribution is -2.61. The second kappa shape index (κ2) is 12.9. The first-order valence-corrected chi connectivity index (χ1v) is 11.7. The fourth-order valence-electron chi connectivity index (χ4n) is 2.94. The van der Waals surface area contributed by atoms with Crippen LogP contribution in [0, 0.1) is 5.92 Å². The molecule has 1 aromatic rings. The van der Waals surface area contributed by atoms with Crippen molar-refractivity contribution < 1.29 is 49.0 Å². The van der Waals surface area contributed by atoms with Crippen molar-refractivity contribution in [1.29, 1.82) is 0 Å². The highest BCUT2D eigenvalue weighted by molar-refractivity contribution is 7.96. The zero-order chi connectivity index (χ0) is 25.4. The number of anilines is 1. The number of hydrogen-bond donors (Lipinski definition) is 6. The second-order valence-electron chi connectivity index (χ2n) is 7.84. The molecule has 6 N–H and O–H groups in total. The van der Waals surface area contributed by atoms with Crippen LogP contribution < -0.4 is 14.8 Å². The Hall–Kier alpha value is -2.42. The molecule has 0 aliphatic carbocycles. The molecule has 1 fully saturated rings. The highest BCUT2D eigenvalue weighted by Crippen LogP contribution is 2.31.